The SMILES string of the molecule is O=C(NC1CC2(C1)CC(c1nc3cc(Cl)ccc3o1)C2)c1ccccn1. The Labute approximate surface area is 155 Å². The van der Waals surface area contributed by atoms with Crippen LogP contribution in [0.3, 0.4) is 0 Å². The number of oxazole rings is 1. The van der Waals surface area contributed by atoms with Gasteiger partial charge >= 0.3 is 0 Å². The molecule has 2 heterocycles. The highest BCUT2D eigenvalue weighted by Crippen LogP contribution is 2.61. The Morgan fingerprint density at radius 2 is 2.04 bits per heavy atom. The maximum atomic E-state index is 12.2. The third kappa shape index (κ3) is 2.67. The minimum absolute atomic E-state index is 0.0860. The summed E-state index contributed by atoms with van der Waals surface area (Å²) in [4.78, 5) is 20.9. The molecule has 2 aliphatic carbocycles. The summed E-state index contributed by atoms with van der Waals surface area (Å²) in [5.41, 5.74) is 2.43. The number of benzene rings is 1. The summed E-state index contributed by atoms with van der Waals surface area (Å²) >= 11 is 6.01. The Kier molecular flexibility index (Phi) is 3.54. The Bertz CT molecular complexity index is 971. The maximum absolute atomic E-state index is 12.2. The lowest BCUT2D eigenvalue weighted by atomic mass is 9.50. The van der Waals surface area contributed by atoms with Gasteiger partial charge in [-0.05, 0) is 61.4 Å². The molecule has 132 valence electrons. The van der Waals surface area contributed by atoms with E-state index in [0.29, 0.717) is 22.0 Å². The van der Waals surface area contributed by atoms with Gasteiger partial charge in [-0.25, -0.2) is 4.98 Å². The molecular weight excluding hydrogens is 350 g/mol. The lowest BCUT2D eigenvalue weighted by molar-refractivity contribution is -0.0254. The lowest BCUT2D eigenvalue weighted by Crippen LogP contribution is -2.55. The molecule has 0 radical (unpaired) electrons. The highest BCUT2D eigenvalue weighted by molar-refractivity contribution is 6.31. The predicted octanol–water partition coefficient (Wildman–Crippen LogP) is 4.33. The molecule has 1 aromatic carbocycles. The molecule has 3 aromatic rings. The molecular formula is C20H18ClN3O2. The van der Waals surface area contributed by atoms with E-state index in [2.05, 4.69) is 15.3 Å². The van der Waals surface area contributed by atoms with E-state index < -0.39 is 0 Å². The van der Waals surface area contributed by atoms with Crippen molar-refractivity contribution in [2.75, 3.05) is 0 Å². The van der Waals surface area contributed by atoms with Crippen LogP contribution in [0.15, 0.2) is 47.0 Å². The van der Waals surface area contributed by atoms with Crippen molar-refractivity contribution in [1.29, 1.82) is 0 Å². The van der Waals surface area contributed by atoms with Gasteiger partial charge in [0.1, 0.15) is 11.2 Å². The van der Waals surface area contributed by atoms with Crippen molar-refractivity contribution < 1.29 is 9.21 Å². The molecule has 5 rings (SSSR count). The molecule has 2 aliphatic rings. The van der Waals surface area contributed by atoms with Crippen LogP contribution in [-0.2, 0) is 0 Å². The van der Waals surface area contributed by atoms with Gasteiger partial charge in [-0.15, -0.1) is 0 Å². The van der Waals surface area contributed by atoms with Crippen LogP contribution in [0.5, 0.6) is 0 Å². The van der Waals surface area contributed by atoms with Crippen LogP contribution in [0.25, 0.3) is 11.1 Å². The van der Waals surface area contributed by atoms with Crippen LogP contribution in [-0.4, -0.2) is 21.9 Å². The van der Waals surface area contributed by atoms with E-state index >= 15 is 0 Å². The van der Waals surface area contributed by atoms with Crippen LogP contribution in [0.4, 0.5) is 0 Å². The summed E-state index contributed by atoms with van der Waals surface area (Å²) < 4.78 is 5.89. The van der Waals surface area contributed by atoms with E-state index in [1.807, 2.05) is 30.3 Å². The minimum atomic E-state index is -0.0860. The first-order chi connectivity index (χ1) is 12.6. The average Bonchev–Trinajstić information content (AvgIpc) is 2.98. The fourth-order valence-electron chi connectivity index (χ4n) is 4.43. The summed E-state index contributed by atoms with van der Waals surface area (Å²) in [6.07, 6.45) is 5.83. The van der Waals surface area contributed by atoms with Gasteiger partial charge in [-0.3, -0.25) is 9.78 Å². The number of rotatable bonds is 3. The van der Waals surface area contributed by atoms with Gasteiger partial charge in [0, 0.05) is 23.2 Å². The molecule has 26 heavy (non-hydrogen) atoms. The number of fused-ring (bicyclic) bond motifs is 1. The Hall–Kier alpha value is -2.40. The molecule has 0 aliphatic heterocycles. The monoisotopic (exact) mass is 367 g/mol. The van der Waals surface area contributed by atoms with E-state index in [1.165, 1.54) is 0 Å². The van der Waals surface area contributed by atoms with Crippen molar-refractivity contribution in [3.05, 3.63) is 59.2 Å². The van der Waals surface area contributed by atoms with Gasteiger partial charge in [-0.1, -0.05) is 17.7 Å². The fraction of sp³-hybridized carbons (Fsp3) is 0.350. The number of hydrogen-bond acceptors (Lipinski definition) is 4. The number of nitrogens with one attached hydrogen (secondary N) is 1. The number of pyridine rings is 1. The van der Waals surface area contributed by atoms with Crippen molar-refractivity contribution in [1.82, 2.24) is 15.3 Å². The smallest absolute Gasteiger partial charge is 0.270 e. The lowest BCUT2D eigenvalue weighted by Gasteiger charge is -2.57. The number of hydrogen-bond donors (Lipinski definition) is 1. The first-order valence-corrected chi connectivity index (χ1v) is 9.26. The molecule has 0 unspecified atom stereocenters. The number of nitrogens with zero attached hydrogens (tertiary/aromatic N) is 2. The molecule has 0 saturated heterocycles. The summed E-state index contributed by atoms with van der Waals surface area (Å²) in [6.45, 7) is 0. The third-order valence-corrected chi connectivity index (χ3v) is 5.90. The first-order valence-electron chi connectivity index (χ1n) is 8.88. The average molecular weight is 368 g/mol. The second-order valence-electron chi connectivity index (χ2n) is 7.56. The van der Waals surface area contributed by atoms with Crippen molar-refractivity contribution in [2.45, 2.75) is 37.6 Å². The zero-order valence-corrected chi connectivity index (χ0v) is 14.9. The van der Waals surface area contributed by atoms with Gasteiger partial charge < -0.3 is 9.73 Å². The standard InChI is InChI=1S/C20H18ClN3O2/c21-13-4-5-17-16(7-13)24-19(26-17)12-8-20(9-12)10-14(11-20)23-18(25)15-3-1-2-6-22-15/h1-7,12,14H,8-11H2,(H,23,25). The van der Waals surface area contributed by atoms with Crippen LogP contribution >= 0.6 is 11.6 Å². The van der Waals surface area contributed by atoms with Crippen LogP contribution in [0.2, 0.25) is 5.02 Å². The van der Waals surface area contributed by atoms with Gasteiger partial charge in [0.25, 0.3) is 5.91 Å². The van der Waals surface area contributed by atoms with E-state index in [4.69, 9.17) is 16.0 Å². The highest BCUT2D eigenvalue weighted by Gasteiger charge is 2.54. The second kappa shape index (κ2) is 5.81. The molecule has 0 atom stereocenters. The summed E-state index contributed by atoms with van der Waals surface area (Å²) in [6, 6.07) is 11.1. The van der Waals surface area contributed by atoms with Gasteiger partial charge in [0.05, 0.1) is 0 Å². The van der Waals surface area contributed by atoms with E-state index in [0.717, 1.165) is 42.7 Å². The van der Waals surface area contributed by atoms with Crippen molar-refractivity contribution in [2.24, 2.45) is 5.41 Å². The van der Waals surface area contributed by atoms with E-state index in [1.54, 1.807) is 12.3 Å². The summed E-state index contributed by atoms with van der Waals surface area (Å²) in [7, 11) is 0. The third-order valence-electron chi connectivity index (χ3n) is 5.67. The molecule has 2 saturated carbocycles. The largest absolute Gasteiger partial charge is 0.440 e. The molecule has 6 heteroatoms. The number of halogens is 1. The first kappa shape index (κ1) is 15.8. The van der Waals surface area contributed by atoms with Crippen LogP contribution in [0, 0.1) is 5.41 Å². The number of amides is 1. The van der Waals surface area contributed by atoms with Crippen molar-refractivity contribution >= 4 is 28.6 Å². The number of carbonyl (C=O) groups is 1. The Morgan fingerprint density at radius 3 is 2.81 bits per heavy atom. The van der Waals surface area contributed by atoms with Gasteiger partial charge in [0.15, 0.2) is 11.5 Å². The highest BCUT2D eigenvalue weighted by atomic mass is 35.5. The zero-order chi connectivity index (χ0) is 17.7. The maximum Gasteiger partial charge on any atom is 0.270 e. The topological polar surface area (TPSA) is 68.0 Å². The molecule has 1 amide bonds. The van der Waals surface area contributed by atoms with Crippen LogP contribution in [0.1, 0.15) is 48.0 Å². The molecule has 2 fully saturated rings. The molecule has 2 aromatic heterocycles. The normalized spacial score (nSPS) is 27.1. The Balaban J connectivity index is 1.18. The van der Waals surface area contributed by atoms with Gasteiger partial charge in [-0.2, -0.15) is 0 Å². The van der Waals surface area contributed by atoms with Gasteiger partial charge in [0.2, 0.25) is 0 Å². The summed E-state index contributed by atoms with van der Waals surface area (Å²) in [5.74, 6) is 1.10. The molecule has 5 nitrogen and oxygen atoms in total. The van der Waals surface area contributed by atoms with E-state index in [-0.39, 0.29) is 11.9 Å². The molecule has 0 bridgehead atoms. The number of aromatic nitrogens is 2. The minimum Gasteiger partial charge on any atom is -0.440 e. The van der Waals surface area contributed by atoms with Crippen LogP contribution < -0.4 is 5.32 Å². The number of carbonyl (C=O) groups excluding carboxylic acids is 1. The van der Waals surface area contributed by atoms with Crippen molar-refractivity contribution in [3.63, 3.8) is 0 Å². The van der Waals surface area contributed by atoms with Crippen molar-refractivity contribution in [3.8, 4) is 0 Å². The fourth-order valence-corrected chi connectivity index (χ4v) is 4.60. The molecule has 1 spiro atoms. The molecule has 1 N–H and O–H groups in total. The quantitative estimate of drug-likeness (QED) is 0.748. The zero-order valence-electron chi connectivity index (χ0n) is 14.1. The second-order valence-corrected chi connectivity index (χ2v) is 8.00. The Morgan fingerprint density at radius 1 is 1.19 bits per heavy atom. The predicted molar refractivity (Wildman–Crippen MR) is 98.2 cm³/mol. The summed E-state index contributed by atoms with van der Waals surface area (Å²) in [5, 5.41) is 3.76. The van der Waals surface area contributed by atoms with E-state index in [9.17, 15) is 4.79 Å².